The Kier molecular flexibility index (Phi) is 21.9. The molecule has 7 nitrogen and oxygen atoms in total. The number of piperazine rings is 1. The summed E-state index contributed by atoms with van der Waals surface area (Å²) >= 11 is 0. The predicted octanol–water partition coefficient (Wildman–Crippen LogP) is 0.432. The Hall–Kier alpha value is -0.150. The zero-order chi connectivity index (χ0) is 16.1. The van der Waals surface area contributed by atoms with Gasteiger partial charge in [-0.1, -0.05) is 0 Å². The normalized spacial score (nSPS) is 15.6. The Labute approximate surface area is 153 Å². The molecule has 1 aliphatic rings. The second-order valence-corrected chi connectivity index (χ2v) is 5.43. The van der Waals surface area contributed by atoms with Crippen molar-refractivity contribution in [2.24, 2.45) is 0 Å². The van der Waals surface area contributed by atoms with Crippen molar-refractivity contribution in [3.8, 4) is 0 Å². The molecule has 1 unspecified atom stereocenters. The Morgan fingerprint density at radius 2 is 1.74 bits per heavy atom. The lowest BCUT2D eigenvalue weighted by Crippen LogP contribution is -2.49. The van der Waals surface area contributed by atoms with Crippen LogP contribution in [0.5, 0.6) is 0 Å². The van der Waals surface area contributed by atoms with Gasteiger partial charge in [0, 0.05) is 45.4 Å². The largest absolute Gasteiger partial charge is 0.383 e. The number of rotatable bonds is 7. The molecule has 1 saturated heterocycles. The van der Waals surface area contributed by atoms with Gasteiger partial charge in [-0.15, -0.1) is 24.8 Å². The summed E-state index contributed by atoms with van der Waals surface area (Å²) in [6.07, 6.45) is 0. The van der Waals surface area contributed by atoms with Crippen molar-refractivity contribution in [3.05, 3.63) is 0 Å². The van der Waals surface area contributed by atoms with Crippen molar-refractivity contribution in [2.75, 3.05) is 53.6 Å². The van der Waals surface area contributed by atoms with E-state index in [0.717, 1.165) is 26.2 Å². The van der Waals surface area contributed by atoms with Gasteiger partial charge in [0.2, 0.25) is 5.91 Å². The molecule has 1 fully saturated rings. The van der Waals surface area contributed by atoms with Crippen molar-refractivity contribution in [1.82, 2.24) is 21.0 Å². The van der Waals surface area contributed by atoms with Crippen LogP contribution in [0.2, 0.25) is 0 Å². The van der Waals surface area contributed by atoms with Crippen molar-refractivity contribution in [2.45, 2.75) is 32.9 Å². The second kappa shape index (κ2) is 18.2. The van der Waals surface area contributed by atoms with E-state index in [2.05, 4.69) is 25.9 Å². The molecule has 142 valence electrons. The smallest absolute Gasteiger partial charge is 0.234 e. The number of nitrogens with one attached hydrogen (secondary N) is 3. The molecule has 1 amide bonds. The van der Waals surface area contributed by atoms with Gasteiger partial charge in [-0.25, -0.2) is 5.48 Å². The van der Waals surface area contributed by atoms with Crippen molar-refractivity contribution in [3.63, 3.8) is 0 Å². The highest BCUT2D eigenvalue weighted by Crippen LogP contribution is 1.92. The molecule has 1 aliphatic heterocycles. The number of ether oxygens (including phenoxy) is 1. The maximum absolute atomic E-state index is 11.6. The van der Waals surface area contributed by atoms with Crippen molar-refractivity contribution in [1.29, 1.82) is 0 Å². The minimum absolute atomic E-state index is 0. The molecule has 1 heterocycles. The quantitative estimate of drug-likeness (QED) is 0.559. The molecule has 9 heteroatoms. The fourth-order valence-corrected chi connectivity index (χ4v) is 1.92. The van der Waals surface area contributed by atoms with Gasteiger partial charge < -0.3 is 20.2 Å². The molecule has 0 spiro atoms. The molecule has 23 heavy (non-hydrogen) atoms. The molecule has 1 rings (SSSR count). The molecule has 3 N–H and O–H groups in total. The Morgan fingerprint density at radius 3 is 2.13 bits per heavy atom. The summed E-state index contributed by atoms with van der Waals surface area (Å²) in [6.45, 7) is 10.9. The lowest BCUT2D eigenvalue weighted by atomic mass is 10.3. The van der Waals surface area contributed by atoms with E-state index in [1.165, 1.54) is 0 Å². The molecule has 0 aromatic rings. The van der Waals surface area contributed by atoms with Crippen molar-refractivity contribution >= 4 is 30.7 Å². The monoisotopic (exact) mass is 376 g/mol. The number of nitrogens with zero attached hydrogens (tertiary/aromatic N) is 1. The van der Waals surface area contributed by atoms with Gasteiger partial charge in [-0.05, 0) is 20.8 Å². The highest BCUT2D eigenvalue weighted by Gasteiger charge is 2.14. The number of hydrogen-bond acceptors (Lipinski definition) is 6. The van der Waals surface area contributed by atoms with Crippen LogP contribution >= 0.6 is 24.8 Å². The average molecular weight is 377 g/mol. The van der Waals surface area contributed by atoms with Crippen LogP contribution in [0.15, 0.2) is 0 Å². The zero-order valence-electron chi connectivity index (χ0n) is 14.9. The molecule has 0 bridgehead atoms. The van der Waals surface area contributed by atoms with E-state index in [1.807, 2.05) is 20.8 Å². The van der Waals surface area contributed by atoms with Crippen LogP contribution in [-0.4, -0.2) is 76.4 Å². The predicted molar refractivity (Wildman–Crippen MR) is 98.6 cm³/mol. The van der Waals surface area contributed by atoms with Crippen LogP contribution in [0.3, 0.4) is 0 Å². The number of halogens is 2. The number of methoxy groups -OCH3 is 1. The van der Waals surface area contributed by atoms with Crippen molar-refractivity contribution < 1.29 is 14.4 Å². The minimum atomic E-state index is 0. The molecule has 0 saturated carbocycles. The lowest BCUT2D eigenvalue weighted by molar-refractivity contribution is -0.123. The highest BCUT2D eigenvalue weighted by atomic mass is 35.5. The van der Waals surface area contributed by atoms with Gasteiger partial charge in [-0.2, -0.15) is 0 Å². The molecular weight excluding hydrogens is 343 g/mol. The third-order valence-electron chi connectivity index (χ3n) is 2.75. The van der Waals surface area contributed by atoms with E-state index >= 15 is 0 Å². The summed E-state index contributed by atoms with van der Waals surface area (Å²) in [7, 11) is 3.25. The topological polar surface area (TPSA) is 74.9 Å². The Balaban J connectivity index is -0.000000434. The first-order valence-electron chi connectivity index (χ1n) is 7.49. The third-order valence-corrected chi connectivity index (χ3v) is 2.75. The van der Waals surface area contributed by atoms with Crippen LogP contribution in [0, 0.1) is 0 Å². The van der Waals surface area contributed by atoms with Crippen LogP contribution in [0.4, 0.5) is 0 Å². The zero-order valence-corrected chi connectivity index (χ0v) is 16.5. The molecule has 0 aromatic heterocycles. The summed E-state index contributed by atoms with van der Waals surface area (Å²) in [5.41, 5.74) is 2.71. The Bertz CT molecular complexity index is 268. The fraction of sp³-hybridized carbons (Fsp3) is 0.929. The van der Waals surface area contributed by atoms with Crippen LogP contribution in [-0.2, 0) is 14.4 Å². The molecule has 0 aliphatic carbocycles. The van der Waals surface area contributed by atoms with Gasteiger partial charge in [0.1, 0.15) is 0 Å². The first-order valence-corrected chi connectivity index (χ1v) is 7.49. The third kappa shape index (κ3) is 18.0. The number of amides is 1. The fourth-order valence-electron chi connectivity index (χ4n) is 1.92. The molecule has 1 atom stereocenters. The van der Waals surface area contributed by atoms with E-state index in [1.54, 1.807) is 14.2 Å². The van der Waals surface area contributed by atoms with Gasteiger partial charge in [0.05, 0.1) is 20.3 Å². The standard InChI is InChI=1S/C10H21N3O2.C4H11NO.2ClH/c1-9(8-15-2)12-10(14)7-13-5-3-11-4-6-13;1-4(2)5-6-3;;/h9,11H,3-8H2,1-2H3,(H,12,14);4-5H,1-3H3;2*1H. The van der Waals surface area contributed by atoms with E-state index < -0.39 is 0 Å². The molecule has 0 aromatic carbocycles. The first kappa shape index (κ1) is 27.7. The lowest BCUT2D eigenvalue weighted by Gasteiger charge is -2.27. The van der Waals surface area contributed by atoms with E-state index in [9.17, 15) is 4.79 Å². The van der Waals surface area contributed by atoms with Gasteiger partial charge in [-0.3, -0.25) is 9.69 Å². The van der Waals surface area contributed by atoms with Crippen LogP contribution in [0.1, 0.15) is 20.8 Å². The maximum Gasteiger partial charge on any atom is 0.234 e. The summed E-state index contributed by atoms with van der Waals surface area (Å²) in [4.78, 5) is 18.3. The summed E-state index contributed by atoms with van der Waals surface area (Å²) in [5, 5.41) is 6.16. The summed E-state index contributed by atoms with van der Waals surface area (Å²) < 4.78 is 4.96. The molecule has 0 radical (unpaired) electrons. The number of hydrogen-bond donors (Lipinski definition) is 3. The Morgan fingerprint density at radius 1 is 1.17 bits per heavy atom. The number of carbonyl (C=O) groups excluding carboxylic acids is 1. The van der Waals surface area contributed by atoms with Crippen LogP contribution < -0.4 is 16.1 Å². The summed E-state index contributed by atoms with van der Waals surface area (Å²) in [5.74, 6) is 0.0847. The van der Waals surface area contributed by atoms with Gasteiger partial charge >= 0.3 is 0 Å². The number of hydroxylamine groups is 1. The number of carbonyl (C=O) groups is 1. The highest BCUT2D eigenvalue weighted by molar-refractivity contribution is 5.85. The van der Waals surface area contributed by atoms with Gasteiger partial charge in [0.25, 0.3) is 0 Å². The first-order chi connectivity index (χ1) is 9.99. The van der Waals surface area contributed by atoms with Gasteiger partial charge in [0.15, 0.2) is 0 Å². The SMILES string of the molecule is COCC(C)NC(=O)CN1CCNCC1.CONC(C)C.Cl.Cl. The minimum Gasteiger partial charge on any atom is -0.383 e. The maximum atomic E-state index is 11.6. The van der Waals surface area contributed by atoms with E-state index in [4.69, 9.17) is 4.74 Å². The van der Waals surface area contributed by atoms with E-state index in [0.29, 0.717) is 19.2 Å². The van der Waals surface area contributed by atoms with E-state index in [-0.39, 0.29) is 36.8 Å². The molecular formula is C14H34Cl2N4O3. The second-order valence-electron chi connectivity index (χ2n) is 5.43. The summed E-state index contributed by atoms with van der Waals surface area (Å²) in [6, 6.07) is 0.514. The average Bonchev–Trinajstić information content (AvgIpc) is 2.40. The van der Waals surface area contributed by atoms with Crippen LogP contribution in [0.25, 0.3) is 0 Å².